The van der Waals surface area contributed by atoms with Gasteiger partial charge in [0, 0.05) is 16.9 Å². The summed E-state index contributed by atoms with van der Waals surface area (Å²) in [6.45, 7) is 5.94. The number of rotatable bonds is 0. The molecule has 0 aromatic rings. The van der Waals surface area contributed by atoms with Crippen molar-refractivity contribution >= 4 is 11.8 Å². The van der Waals surface area contributed by atoms with Crippen molar-refractivity contribution in [3.05, 3.63) is 23.3 Å². The molecule has 0 bridgehead atoms. The molecule has 0 aromatic heterocycles. The van der Waals surface area contributed by atoms with Crippen LogP contribution in [0.2, 0.25) is 0 Å². The number of carbonyl (C=O) groups excluding carboxylic acids is 2. The minimum absolute atomic E-state index is 0.0409. The normalized spacial score (nSPS) is 42.7. The molecule has 0 radical (unpaired) electrons. The fraction of sp³-hybridized carbons (Fsp3) is 0.600. The Hall–Kier alpha value is -1.38. The lowest BCUT2D eigenvalue weighted by Gasteiger charge is -2.42. The van der Waals surface area contributed by atoms with Crippen molar-refractivity contribution in [3.8, 4) is 0 Å². The van der Waals surface area contributed by atoms with Crippen LogP contribution in [0.5, 0.6) is 0 Å². The van der Waals surface area contributed by atoms with E-state index in [1.165, 1.54) is 0 Å². The van der Waals surface area contributed by atoms with Crippen LogP contribution in [0.15, 0.2) is 23.3 Å². The van der Waals surface area contributed by atoms with Crippen molar-refractivity contribution in [3.63, 3.8) is 0 Å². The molecule has 3 aliphatic rings. The van der Waals surface area contributed by atoms with Crippen LogP contribution in [-0.4, -0.2) is 17.9 Å². The summed E-state index contributed by atoms with van der Waals surface area (Å²) in [5.41, 5.74) is 1.71. The van der Waals surface area contributed by atoms with Gasteiger partial charge in [0.2, 0.25) is 0 Å². The Labute approximate surface area is 107 Å². The van der Waals surface area contributed by atoms with E-state index >= 15 is 0 Å². The third-order valence-corrected chi connectivity index (χ3v) is 4.92. The summed E-state index contributed by atoms with van der Waals surface area (Å²) in [4.78, 5) is 23.6. The fourth-order valence-corrected chi connectivity index (χ4v) is 3.69. The van der Waals surface area contributed by atoms with Gasteiger partial charge in [-0.05, 0) is 31.4 Å². The molecule has 1 saturated heterocycles. The highest BCUT2D eigenvalue weighted by molar-refractivity contribution is 6.05. The quantitative estimate of drug-likeness (QED) is 0.616. The summed E-state index contributed by atoms with van der Waals surface area (Å²) >= 11 is 0. The van der Waals surface area contributed by atoms with Gasteiger partial charge in [-0.3, -0.25) is 9.59 Å². The van der Waals surface area contributed by atoms with E-state index in [1.807, 2.05) is 19.9 Å². The van der Waals surface area contributed by atoms with Crippen LogP contribution in [0, 0.1) is 17.3 Å². The number of allylic oxidation sites excluding steroid dienone is 3. The molecule has 18 heavy (non-hydrogen) atoms. The van der Waals surface area contributed by atoms with E-state index < -0.39 is 0 Å². The Morgan fingerprint density at radius 3 is 2.83 bits per heavy atom. The first-order chi connectivity index (χ1) is 8.44. The minimum atomic E-state index is -0.180. The molecule has 0 aromatic carbocycles. The standard InChI is InChI=1S/C15H18O3/c1-8-10-4-6-15(3)7-5-11(16)9(2)12(15)13(10)18-14(8)17/h5,7-8,10,13H,4,6H2,1-3H3/t8-,10?,13?,15?/m0/s1. The van der Waals surface area contributed by atoms with Gasteiger partial charge in [-0.1, -0.05) is 19.9 Å². The van der Waals surface area contributed by atoms with E-state index in [-0.39, 0.29) is 35.1 Å². The van der Waals surface area contributed by atoms with Crippen LogP contribution >= 0.6 is 0 Å². The lowest BCUT2D eigenvalue weighted by atomic mass is 9.62. The highest BCUT2D eigenvalue weighted by Crippen LogP contribution is 2.52. The first kappa shape index (κ1) is 11.7. The van der Waals surface area contributed by atoms with Gasteiger partial charge in [-0.25, -0.2) is 0 Å². The van der Waals surface area contributed by atoms with Gasteiger partial charge >= 0.3 is 5.97 Å². The second-order valence-electron chi connectivity index (χ2n) is 6.00. The predicted molar refractivity (Wildman–Crippen MR) is 66.7 cm³/mol. The number of ketones is 1. The van der Waals surface area contributed by atoms with Gasteiger partial charge in [0.25, 0.3) is 0 Å². The molecule has 4 atom stereocenters. The number of hydrogen-bond donors (Lipinski definition) is 0. The zero-order valence-electron chi connectivity index (χ0n) is 11.0. The van der Waals surface area contributed by atoms with Crippen molar-refractivity contribution < 1.29 is 14.3 Å². The van der Waals surface area contributed by atoms with E-state index in [1.54, 1.807) is 6.08 Å². The Bertz CT molecular complexity index is 500. The Morgan fingerprint density at radius 1 is 1.39 bits per heavy atom. The Balaban J connectivity index is 2.10. The van der Waals surface area contributed by atoms with Crippen LogP contribution in [0.25, 0.3) is 0 Å². The average Bonchev–Trinajstić information content (AvgIpc) is 2.60. The molecule has 3 rings (SSSR count). The van der Waals surface area contributed by atoms with E-state index in [0.29, 0.717) is 0 Å². The van der Waals surface area contributed by atoms with Crippen molar-refractivity contribution in [1.82, 2.24) is 0 Å². The summed E-state index contributed by atoms with van der Waals surface area (Å²) < 4.78 is 5.55. The van der Waals surface area contributed by atoms with Crippen LogP contribution in [-0.2, 0) is 14.3 Å². The van der Waals surface area contributed by atoms with Crippen molar-refractivity contribution in [2.45, 2.75) is 39.7 Å². The maximum absolute atomic E-state index is 11.9. The third kappa shape index (κ3) is 1.36. The SMILES string of the molecule is CC1=C2C3OC(=O)[C@@H](C)C3CCC2(C)C=CC1=O. The number of hydrogen-bond acceptors (Lipinski definition) is 3. The topological polar surface area (TPSA) is 43.4 Å². The highest BCUT2D eigenvalue weighted by Gasteiger charge is 2.52. The highest BCUT2D eigenvalue weighted by atomic mass is 16.6. The van der Waals surface area contributed by atoms with Gasteiger partial charge in [-0.15, -0.1) is 0 Å². The Kier molecular flexibility index (Phi) is 2.31. The van der Waals surface area contributed by atoms with E-state index in [4.69, 9.17) is 4.74 Å². The summed E-state index contributed by atoms with van der Waals surface area (Å²) in [6, 6.07) is 0. The minimum Gasteiger partial charge on any atom is -0.457 e. The number of esters is 1. The van der Waals surface area contributed by atoms with Crippen LogP contribution in [0.3, 0.4) is 0 Å². The van der Waals surface area contributed by atoms with Crippen LogP contribution in [0.1, 0.15) is 33.6 Å². The first-order valence-corrected chi connectivity index (χ1v) is 6.59. The van der Waals surface area contributed by atoms with Gasteiger partial charge in [-0.2, -0.15) is 0 Å². The average molecular weight is 246 g/mol. The Morgan fingerprint density at radius 2 is 2.11 bits per heavy atom. The monoisotopic (exact) mass is 246 g/mol. The smallest absolute Gasteiger partial charge is 0.309 e. The molecule has 0 N–H and O–H groups in total. The van der Waals surface area contributed by atoms with Gasteiger partial charge in [0.05, 0.1) is 5.92 Å². The van der Waals surface area contributed by atoms with Gasteiger partial charge < -0.3 is 4.74 Å². The molecule has 0 spiro atoms. The van der Waals surface area contributed by atoms with Crippen LogP contribution < -0.4 is 0 Å². The molecule has 3 heteroatoms. The van der Waals surface area contributed by atoms with Gasteiger partial charge in [0.15, 0.2) is 5.78 Å². The predicted octanol–water partition coefficient (Wildman–Crippen LogP) is 2.42. The molecule has 2 aliphatic carbocycles. The largest absolute Gasteiger partial charge is 0.457 e. The summed E-state index contributed by atoms with van der Waals surface area (Å²) in [7, 11) is 0. The zero-order valence-corrected chi connectivity index (χ0v) is 11.0. The molecule has 2 fully saturated rings. The van der Waals surface area contributed by atoms with Gasteiger partial charge in [0.1, 0.15) is 6.10 Å². The summed E-state index contributed by atoms with van der Waals surface area (Å²) in [5, 5.41) is 0. The molecule has 1 saturated carbocycles. The molecule has 0 amide bonds. The third-order valence-electron chi connectivity index (χ3n) is 4.92. The maximum Gasteiger partial charge on any atom is 0.309 e. The molecule has 3 nitrogen and oxygen atoms in total. The maximum atomic E-state index is 11.9. The summed E-state index contributed by atoms with van der Waals surface area (Å²) in [6.07, 6.45) is 5.46. The molecule has 3 unspecified atom stereocenters. The van der Waals surface area contributed by atoms with E-state index in [9.17, 15) is 9.59 Å². The zero-order chi connectivity index (χ0) is 13.1. The number of ether oxygens (including phenoxy) is 1. The lowest BCUT2D eigenvalue weighted by Crippen LogP contribution is -2.39. The first-order valence-electron chi connectivity index (χ1n) is 6.59. The van der Waals surface area contributed by atoms with E-state index in [0.717, 1.165) is 24.0 Å². The molecular formula is C15H18O3. The number of carbonyl (C=O) groups is 2. The van der Waals surface area contributed by atoms with Crippen molar-refractivity contribution in [2.75, 3.05) is 0 Å². The lowest BCUT2D eigenvalue weighted by molar-refractivity contribution is -0.143. The van der Waals surface area contributed by atoms with Crippen LogP contribution in [0.4, 0.5) is 0 Å². The fourth-order valence-electron chi connectivity index (χ4n) is 3.69. The van der Waals surface area contributed by atoms with E-state index in [2.05, 4.69) is 6.92 Å². The molecule has 1 heterocycles. The molecule has 1 aliphatic heterocycles. The molecular weight excluding hydrogens is 228 g/mol. The number of fused-ring (bicyclic) bond motifs is 3. The second-order valence-corrected chi connectivity index (χ2v) is 6.00. The molecule has 96 valence electrons. The summed E-state index contributed by atoms with van der Waals surface area (Å²) in [5.74, 6) is 0.144. The van der Waals surface area contributed by atoms with Crippen molar-refractivity contribution in [2.24, 2.45) is 17.3 Å². The van der Waals surface area contributed by atoms with Crippen molar-refractivity contribution in [1.29, 1.82) is 0 Å². The second kappa shape index (κ2) is 3.56.